The average molecular weight is 252 g/mol. The Morgan fingerprint density at radius 3 is 2.44 bits per heavy atom. The first-order valence-electron chi connectivity index (χ1n) is 5.03. The molecule has 6 nitrogen and oxygen atoms in total. The summed E-state index contributed by atoms with van der Waals surface area (Å²) in [5.74, 6) is -0.301. The van der Waals surface area contributed by atoms with Crippen LogP contribution in [-0.4, -0.2) is 38.8 Å². The third-order valence-electron chi connectivity index (χ3n) is 1.56. The van der Waals surface area contributed by atoms with Crippen molar-refractivity contribution in [1.29, 1.82) is 0 Å². The predicted octanol–water partition coefficient (Wildman–Crippen LogP) is -0.404. The van der Waals surface area contributed by atoms with E-state index in [0.717, 1.165) is 0 Å². The Morgan fingerprint density at radius 2 is 2.00 bits per heavy atom. The van der Waals surface area contributed by atoms with E-state index in [1.807, 2.05) is 0 Å². The molecule has 0 heterocycles. The van der Waals surface area contributed by atoms with Gasteiger partial charge in [0.1, 0.15) is 0 Å². The lowest BCUT2D eigenvalue weighted by Crippen LogP contribution is -2.38. The Labute approximate surface area is 96.7 Å². The third kappa shape index (κ3) is 9.88. The highest BCUT2D eigenvalue weighted by Crippen LogP contribution is 2.03. The van der Waals surface area contributed by atoms with E-state index in [1.54, 1.807) is 13.8 Å². The molecule has 3 N–H and O–H groups in total. The zero-order valence-corrected chi connectivity index (χ0v) is 10.8. The minimum Gasteiger partial charge on any atom is -0.356 e. The van der Waals surface area contributed by atoms with Crippen molar-refractivity contribution in [2.75, 3.05) is 18.9 Å². The number of rotatable bonds is 7. The standard InChI is InChI=1S/C9H20N2O4S/c1-8(12)11-5-4-6-16(13,14)15-7-9(2,3)10/h4-7,10H2,1-3H3,(H,11,12). The maximum absolute atomic E-state index is 11.3. The lowest BCUT2D eigenvalue weighted by molar-refractivity contribution is -0.118. The molecule has 0 fully saturated rings. The molecule has 16 heavy (non-hydrogen) atoms. The molecule has 0 atom stereocenters. The molecule has 0 aromatic carbocycles. The highest BCUT2D eigenvalue weighted by atomic mass is 32.2. The second-order valence-corrected chi connectivity index (χ2v) is 6.11. The molecule has 0 saturated heterocycles. The monoisotopic (exact) mass is 252 g/mol. The van der Waals surface area contributed by atoms with Crippen LogP contribution in [0.1, 0.15) is 27.2 Å². The number of hydrogen-bond donors (Lipinski definition) is 2. The van der Waals surface area contributed by atoms with Gasteiger partial charge < -0.3 is 11.1 Å². The Morgan fingerprint density at radius 1 is 1.44 bits per heavy atom. The summed E-state index contributed by atoms with van der Waals surface area (Å²) in [4.78, 5) is 10.5. The van der Waals surface area contributed by atoms with Gasteiger partial charge in [0.2, 0.25) is 5.91 Å². The molecule has 0 aromatic heterocycles. The van der Waals surface area contributed by atoms with Crippen molar-refractivity contribution in [1.82, 2.24) is 5.32 Å². The minimum atomic E-state index is -3.54. The second-order valence-electron chi connectivity index (χ2n) is 4.35. The lowest BCUT2D eigenvalue weighted by Gasteiger charge is -2.17. The predicted molar refractivity (Wildman–Crippen MR) is 61.3 cm³/mol. The highest BCUT2D eigenvalue weighted by Gasteiger charge is 2.17. The number of amides is 1. The highest BCUT2D eigenvalue weighted by molar-refractivity contribution is 7.86. The number of nitrogens with two attached hydrogens (primary N) is 1. The van der Waals surface area contributed by atoms with Crippen molar-refractivity contribution in [2.24, 2.45) is 5.73 Å². The van der Waals surface area contributed by atoms with Crippen LogP contribution in [0.25, 0.3) is 0 Å². The molecular weight excluding hydrogens is 232 g/mol. The molecule has 0 spiro atoms. The summed E-state index contributed by atoms with van der Waals surface area (Å²) in [5, 5.41) is 2.51. The van der Waals surface area contributed by atoms with Crippen LogP contribution < -0.4 is 11.1 Å². The second kappa shape index (κ2) is 6.17. The van der Waals surface area contributed by atoms with Gasteiger partial charge in [-0.1, -0.05) is 0 Å². The molecule has 0 aliphatic heterocycles. The van der Waals surface area contributed by atoms with Crippen molar-refractivity contribution in [3.63, 3.8) is 0 Å². The molecule has 0 saturated carbocycles. The molecular formula is C9H20N2O4S. The summed E-state index contributed by atoms with van der Waals surface area (Å²) in [5.41, 5.74) is 4.91. The van der Waals surface area contributed by atoms with Crippen molar-refractivity contribution < 1.29 is 17.4 Å². The smallest absolute Gasteiger partial charge is 0.267 e. The molecule has 0 bridgehead atoms. The van der Waals surface area contributed by atoms with Crippen LogP contribution in [0.2, 0.25) is 0 Å². The van der Waals surface area contributed by atoms with Crippen molar-refractivity contribution in [3.8, 4) is 0 Å². The fourth-order valence-corrected chi connectivity index (χ4v) is 1.91. The van der Waals surface area contributed by atoms with Gasteiger partial charge in [-0.25, -0.2) is 0 Å². The summed E-state index contributed by atoms with van der Waals surface area (Å²) in [6, 6.07) is 0. The molecule has 96 valence electrons. The number of hydrogen-bond acceptors (Lipinski definition) is 5. The normalized spacial score (nSPS) is 12.5. The minimum absolute atomic E-state index is 0.0462. The lowest BCUT2D eigenvalue weighted by atomic mass is 10.1. The molecule has 0 aliphatic rings. The van der Waals surface area contributed by atoms with Crippen LogP contribution in [0, 0.1) is 0 Å². The van der Waals surface area contributed by atoms with Crippen LogP contribution in [0.4, 0.5) is 0 Å². The van der Waals surface area contributed by atoms with Gasteiger partial charge in [0.15, 0.2) is 0 Å². The topological polar surface area (TPSA) is 98.5 Å². The summed E-state index contributed by atoms with van der Waals surface area (Å²) in [7, 11) is -3.54. The van der Waals surface area contributed by atoms with Crippen LogP contribution in [0.3, 0.4) is 0 Å². The maximum atomic E-state index is 11.3. The first kappa shape index (κ1) is 15.3. The average Bonchev–Trinajstić information content (AvgIpc) is 2.08. The number of carbonyl (C=O) groups excluding carboxylic acids is 1. The Hall–Kier alpha value is -0.660. The molecule has 0 unspecified atom stereocenters. The first-order valence-corrected chi connectivity index (χ1v) is 6.60. The fraction of sp³-hybridized carbons (Fsp3) is 0.889. The van der Waals surface area contributed by atoms with E-state index in [9.17, 15) is 13.2 Å². The van der Waals surface area contributed by atoms with Crippen molar-refractivity contribution in [3.05, 3.63) is 0 Å². The fourth-order valence-electron chi connectivity index (χ4n) is 0.814. The SMILES string of the molecule is CC(=O)NCCCS(=O)(=O)OCC(C)(C)N. The van der Waals surface area contributed by atoms with Crippen molar-refractivity contribution in [2.45, 2.75) is 32.7 Å². The summed E-state index contributed by atoms with van der Waals surface area (Å²) >= 11 is 0. The Bertz CT molecular complexity index is 319. The van der Waals surface area contributed by atoms with E-state index >= 15 is 0 Å². The molecule has 0 rings (SSSR count). The molecule has 0 radical (unpaired) electrons. The van der Waals surface area contributed by atoms with Gasteiger partial charge in [-0.2, -0.15) is 8.42 Å². The van der Waals surface area contributed by atoms with E-state index in [1.165, 1.54) is 6.92 Å². The molecule has 1 amide bonds. The zero-order valence-electron chi connectivity index (χ0n) is 9.95. The Balaban J connectivity index is 3.84. The summed E-state index contributed by atoms with van der Waals surface area (Å²) in [6.07, 6.45) is 0.326. The van der Waals surface area contributed by atoms with Gasteiger partial charge in [-0.3, -0.25) is 8.98 Å². The van der Waals surface area contributed by atoms with Crippen LogP contribution in [-0.2, 0) is 19.1 Å². The zero-order chi connectivity index (χ0) is 12.8. The summed E-state index contributed by atoms with van der Waals surface area (Å²) in [6.45, 7) is 5.01. The van der Waals surface area contributed by atoms with Crippen molar-refractivity contribution >= 4 is 16.0 Å². The largest absolute Gasteiger partial charge is 0.356 e. The van der Waals surface area contributed by atoms with Gasteiger partial charge in [-0.05, 0) is 20.3 Å². The third-order valence-corrected chi connectivity index (χ3v) is 2.82. The Kier molecular flexibility index (Phi) is 5.91. The molecule has 0 aromatic rings. The van der Waals surface area contributed by atoms with Crippen LogP contribution in [0.5, 0.6) is 0 Å². The van der Waals surface area contributed by atoms with Gasteiger partial charge in [-0.15, -0.1) is 0 Å². The van der Waals surface area contributed by atoms with Gasteiger partial charge in [0.05, 0.1) is 12.4 Å². The van der Waals surface area contributed by atoms with E-state index < -0.39 is 15.7 Å². The van der Waals surface area contributed by atoms with Crippen LogP contribution in [0.15, 0.2) is 0 Å². The van der Waals surface area contributed by atoms with Gasteiger partial charge in [0, 0.05) is 19.0 Å². The van der Waals surface area contributed by atoms with Gasteiger partial charge in [0.25, 0.3) is 10.1 Å². The molecule has 0 aliphatic carbocycles. The van der Waals surface area contributed by atoms with E-state index in [0.29, 0.717) is 13.0 Å². The van der Waals surface area contributed by atoms with E-state index in [4.69, 9.17) is 9.92 Å². The van der Waals surface area contributed by atoms with E-state index in [-0.39, 0.29) is 18.3 Å². The summed E-state index contributed by atoms with van der Waals surface area (Å²) < 4.78 is 27.4. The van der Waals surface area contributed by atoms with Crippen LogP contribution >= 0.6 is 0 Å². The first-order chi connectivity index (χ1) is 7.12. The van der Waals surface area contributed by atoms with E-state index in [2.05, 4.69) is 5.32 Å². The maximum Gasteiger partial charge on any atom is 0.267 e. The van der Waals surface area contributed by atoms with Gasteiger partial charge >= 0.3 is 0 Å². The molecule has 7 heteroatoms. The quantitative estimate of drug-likeness (QED) is 0.474. The number of nitrogens with one attached hydrogen (secondary N) is 1. The number of carbonyl (C=O) groups is 1.